The second-order valence-corrected chi connectivity index (χ2v) is 2.88. The van der Waals surface area contributed by atoms with Crippen LogP contribution in [-0.4, -0.2) is 21.0 Å². The third-order valence-corrected chi connectivity index (χ3v) is 1.76. The van der Waals surface area contributed by atoms with Crippen LogP contribution in [0.3, 0.4) is 0 Å². The highest BCUT2D eigenvalue weighted by molar-refractivity contribution is 5.26. The Bertz CT molecular complexity index is 411. The number of nitrogens with zero attached hydrogens (tertiary/aromatic N) is 1. The van der Waals surface area contributed by atoms with Crippen LogP contribution >= 0.6 is 0 Å². The van der Waals surface area contributed by atoms with Crippen LogP contribution in [0.15, 0.2) is 17.1 Å². The highest BCUT2D eigenvalue weighted by Gasteiger charge is 2.29. The van der Waals surface area contributed by atoms with Gasteiger partial charge < -0.3 is 14.8 Å². The van der Waals surface area contributed by atoms with Crippen LogP contribution in [0.1, 0.15) is 5.69 Å². The number of alkyl halides is 3. The highest BCUT2D eigenvalue weighted by Crippen LogP contribution is 2.20. The monoisotopic (exact) mass is 223 g/mol. The van der Waals surface area contributed by atoms with E-state index < -0.39 is 36.2 Å². The van der Waals surface area contributed by atoms with E-state index in [9.17, 15) is 18.0 Å². The van der Waals surface area contributed by atoms with Gasteiger partial charge in [-0.15, -0.1) is 0 Å². The Morgan fingerprint density at radius 3 is 2.47 bits per heavy atom. The number of aliphatic hydroxyl groups is 1. The number of pyridine rings is 1. The van der Waals surface area contributed by atoms with E-state index in [1.807, 2.05) is 0 Å². The molecule has 84 valence electrons. The summed E-state index contributed by atoms with van der Waals surface area (Å²) in [4.78, 5) is 10.9. The lowest BCUT2D eigenvalue weighted by atomic mass is 10.3. The molecule has 0 aliphatic heterocycles. The number of aliphatic hydroxyl groups excluding tert-OH is 1. The van der Waals surface area contributed by atoms with Crippen molar-refractivity contribution in [3.8, 4) is 5.75 Å². The lowest BCUT2D eigenvalue weighted by Crippen LogP contribution is -2.22. The molecule has 0 saturated heterocycles. The third-order valence-electron chi connectivity index (χ3n) is 1.76. The maximum atomic E-state index is 12.0. The van der Waals surface area contributed by atoms with Gasteiger partial charge in [-0.2, -0.15) is 13.2 Å². The van der Waals surface area contributed by atoms with Gasteiger partial charge in [0.2, 0.25) is 5.43 Å². The molecule has 0 atom stereocenters. The fourth-order valence-corrected chi connectivity index (χ4v) is 1.11. The van der Waals surface area contributed by atoms with Crippen molar-refractivity contribution in [2.75, 3.05) is 0 Å². The molecule has 0 aromatic carbocycles. The molecule has 15 heavy (non-hydrogen) atoms. The molecule has 2 N–H and O–H groups in total. The number of halogens is 3. The first-order valence-electron chi connectivity index (χ1n) is 3.94. The summed E-state index contributed by atoms with van der Waals surface area (Å²) in [5.41, 5.74) is -1.27. The zero-order chi connectivity index (χ0) is 11.6. The van der Waals surface area contributed by atoms with Gasteiger partial charge in [0.25, 0.3) is 0 Å². The van der Waals surface area contributed by atoms with Crippen molar-refractivity contribution >= 4 is 0 Å². The molecule has 1 heterocycles. The number of aromatic hydroxyl groups is 1. The summed E-state index contributed by atoms with van der Waals surface area (Å²) < 4.78 is 36.7. The first-order valence-corrected chi connectivity index (χ1v) is 3.94. The van der Waals surface area contributed by atoms with Crippen molar-refractivity contribution in [1.82, 2.24) is 4.57 Å². The van der Waals surface area contributed by atoms with Gasteiger partial charge in [-0.1, -0.05) is 0 Å². The molecule has 1 rings (SSSR count). The van der Waals surface area contributed by atoms with Gasteiger partial charge in [-0.3, -0.25) is 4.79 Å². The maximum absolute atomic E-state index is 12.0. The Labute approximate surface area is 82.2 Å². The predicted octanol–water partition coefficient (Wildman–Crippen LogP) is 0.609. The second-order valence-electron chi connectivity index (χ2n) is 2.88. The van der Waals surface area contributed by atoms with E-state index in [2.05, 4.69) is 0 Å². The molecule has 1 aromatic heterocycles. The van der Waals surface area contributed by atoms with Gasteiger partial charge in [0, 0.05) is 12.3 Å². The van der Waals surface area contributed by atoms with Crippen molar-refractivity contribution in [3.05, 3.63) is 28.2 Å². The van der Waals surface area contributed by atoms with Crippen molar-refractivity contribution in [3.63, 3.8) is 0 Å². The summed E-state index contributed by atoms with van der Waals surface area (Å²) in [6.45, 7) is -2.20. The Morgan fingerprint density at radius 2 is 2.00 bits per heavy atom. The minimum atomic E-state index is -4.48. The van der Waals surface area contributed by atoms with Crippen LogP contribution < -0.4 is 5.43 Å². The third kappa shape index (κ3) is 2.72. The molecule has 4 nitrogen and oxygen atoms in total. The smallest absolute Gasteiger partial charge is 0.406 e. The predicted molar refractivity (Wildman–Crippen MR) is 44.3 cm³/mol. The molecule has 0 bridgehead atoms. The molecule has 0 aliphatic carbocycles. The average molecular weight is 223 g/mol. The molecular weight excluding hydrogens is 215 g/mol. The lowest BCUT2D eigenvalue weighted by Gasteiger charge is -2.14. The van der Waals surface area contributed by atoms with E-state index in [4.69, 9.17) is 10.2 Å². The van der Waals surface area contributed by atoms with E-state index in [-0.39, 0.29) is 0 Å². The molecule has 0 spiro atoms. The quantitative estimate of drug-likeness (QED) is 0.772. The normalized spacial score (nSPS) is 11.7. The van der Waals surface area contributed by atoms with Crippen LogP contribution in [0.5, 0.6) is 5.75 Å². The molecule has 0 unspecified atom stereocenters. The van der Waals surface area contributed by atoms with Crippen molar-refractivity contribution in [1.29, 1.82) is 0 Å². The molecule has 7 heteroatoms. The van der Waals surface area contributed by atoms with Gasteiger partial charge in [-0.05, 0) is 0 Å². The van der Waals surface area contributed by atoms with Crippen LogP contribution in [0.25, 0.3) is 0 Å². The van der Waals surface area contributed by atoms with Crippen LogP contribution in [0.4, 0.5) is 13.2 Å². The minimum Gasteiger partial charge on any atom is -0.503 e. The van der Waals surface area contributed by atoms with Gasteiger partial charge in [-0.25, -0.2) is 0 Å². The molecule has 0 radical (unpaired) electrons. The molecule has 0 fully saturated rings. The molecule has 1 aromatic rings. The standard InChI is InChI=1S/C8H8F3NO3/c9-8(10,11)4-12-2-1-6(14)7(15)5(12)3-13/h1-2,13,15H,3-4H2. The average Bonchev–Trinajstić information content (AvgIpc) is 2.10. The van der Waals surface area contributed by atoms with Crippen molar-refractivity contribution < 1.29 is 23.4 Å². The highest BCUT2D eigenvalue weighted by atomic mass is 19.4. The molecule has 0 amide bonds. The van der Waals surface area contributed by atoms with E-state index >= 15 is 0 Å². The van der Waals surface area contributed by atoms with Gasteiger partial charge in [0.15, 0.2) is 5.75 Å². The van der Waals surface area contributed by atoms with E-state index in [1.54, 1.807) is 0 Å². The summed E-state index contributed by atoms with van der Waals surface area (Å²) in [6.07, 6.45) is -3.60. The lowest BCUT2D eigenvalue weighted by molar-refractivity contribution is -0.141. The van der Waals surface area contributed by atoms with E-state index in [1.165, 1.54) is 0 Å². The van der Waals surface area contributed by atoms with Gasteiger partial charge >= 0.3 is 6.18 Å². The Morgan fingerprint density at radius 1 is 1.40 bits per heavy atom. The zero-order valence-corrected chi connectivity index (χ0v) is 7.45. The largest absolute Gasteiger partial charge is 0.503 e. The summed E-state index contributed by atoms with van der Waals surface area (Å²) >= 11 is 0. The number of hydrogen-bond acceptors (Lipinski definition) is 3. The maximum Gasteiger partial charge on any atom is 0.406 e. The van der Waals surface area contributed by atoms with Crippen LogP contribution in [0, 0.1) is 0 Å². The first kappa shape index (κ1) is 11.6. The second kappa shape index (κ2) is 3.93. The molecule has 0 saturated carbocycles. The summed E-state index contributed by atoms with van der Waals surface area (Å²) in [5.74, 6) is -0.857. The summed E-state index contributed by atoms with van der Waals surface area (Å²) in [7, 11) is 0. The van der Waals surface area contributed by atoms with E-state index in [0.717, 1.165) is 12.3 Å². The Balaban J connectivity index is 3.20. The Hall–Kier alpha value is -1.50. The molecular formula is C8H8F3NO3. The Kier molecular flexibility index (Phi) is 3.04. The SMILES string of the molecule is O=c1ccn(CC(F)(F)F)c(CO)c1O. The molecule has 0 aliphatic rings. The number of aromatic nitrogens is 1. The number of hydrogen-bond donors (Lipinski definition) is 2. The van der Waals surface area contributed by atoms with Crippen LogP contribution in [0.2, 0.25) is 0 Å². The van der Waals surface area contributed by atoms with Crippen molar-refractivity contribution in [2.45, 2.75) is 19.3 Å². The fraction of sp³-hybridized carbons (Fsp3) is 0.375. The minimum absolute atomic E-state index is 0.445. The summed E-state index contributed by atoms with van der Waals surface area (Å²) in [6, 6.07) is 0.806. The van der Waals surface area contributed by atoms with Crippen LogP contribution in [-0.2, 0) is 13.2 Å². The summed E-state index contributed by atoms with van der Waals surface area (Å²) in [5, 5.41) is 17.8. The fourth-order valence-electron chi connectivity index (χ4n) is 1.11. The van der Waals surface area contributed by atoms with E-state index in [0.29, 0.717) is 4.57 Å². The first-order chi connectivity index (χ1) is 6.85. The zero-order valence-electron chi connectivity index (χ0n) is 7.45. The topological polar surface area (TPSA) is 62.5 Å². The number of rotatable bonds is 2. The van der Waals surface area contributed by atoms with Crippen molar-refractivity contribution in [2.24, 2.45) is 0 Å². The van der Waals surface area contributed by atoms with Gasteiger partial charge in [0.1, 0.15) is 6.54 Å². The van der Waals surface area contributed by atoms with Gasteiger partial charge in [0.05, 0.1) is 12.3 Å².